The summed E-state index contributed by atoms with van der Waals surface area (Å²) in [5, 5.41) is 0.409. The highest BCUT2D eigenvalue weighted by Gasteiger charge is 2.06. The molecule has 0 atom stereocenters. The van der Waals surface area contributed by atoms with E-state index in [0.29, 0.717) is 29.3 Å². The molecule has 16 heavy (non-hydrogen) atoms. The van der Waals surface area contributed by atoms with Gasteiger partial charge in [-0.05, 0) is 19.1 Å². The summed E-state index contributed by atoms with van der Waals surface area (Å²) in [6.45, 7) is 2.04. The average Bonchev–Trinajstić information content (AvgIpc) is 2.28. The maximum atomic E-state index is 11.8. The molecule has 0 aliphatic rings. The van der Waals surface area contributed by atoms with E-state index in [0.717, 1.165) is 4.57 Å². The first kappa shape index (κ1) is 10.4. The Labute approximate surface area is 90.3 Å². The lowest BCUT2D eigenvalue weighted by Gasteiger charge is -2.03. The van der Waals surface area contributed by atoms with Crippen LogP contribution in [-0.2, 0) is 6.54 Å². The van der Waals surface area contributed by atoms with Gasteiger partial charge in [0.15, 0.2) is 0 Å². The number of fused-ring (bicyclic) bond motifs is 1. The molecule has 0 bridgehead atoms. The number of carbonyl (C=O) groups excluding carboxylic acids is 1. The van der Waals surface area contributed by atoms with E-state index in [9.17, 15) is 14.4 Å². The maximum Gasteiger partial charge on any atom is 0.328 e. The summed E-state index contributed by atoms with van der Waals surface area (Å²) < 4.78 is 1.11. The Morgan fingerprint density at radius 3 is 2.75 bits per heavy atom. The summed E-state index contributed by atoms with van der Waals surface area (Å²) in [5.74, 6) is 0. The Hall–Kier alpha value is -2.17. The summed E-state index contributed by atoms with van der Waals surface area (Å²) in [4.78, 5) is 36.5. The molecule has 0 aliphatic carbocycles. The second-order valence-corrected chi connectivity index (χ2v) is 3.40. The lowest BCUT2D eigenvalue weighted by atomic mass is 10.2. The van der Waals surface area contributed by atoms with Crippen LogP contribution < -0.4 is 11.2 Å². The van der Waals surface area contributed by atoms with Crippen LogP contribution in [0, 0.1) is 0 Å². The van der Waals surface area contributed by atoms with Gasteiger partial charge in [0.2, 0.25) is 0 Å². The molecule has 0 amide bonds. The summed E-state index contributed by atoms with van der Waals surface area (Å²) >= 11 is 0. The molecule has 1 N–H and O–H groups in total. The predicted molar refractivity (Wildman–Crippen MR) is 59.9 cm³/mol. The second-order valence-electron chi connectivity index (χ2n) is 3.40. The van der Waals surface area contributed by atoms with E-state index in [1.54, 1.807) is 19.1 Å². The first-order chi connectivity index (χ1) is 7.67. The van der Waals surface area contributed by atoms with Crippen molar-refractivity contribution in [2.75, 3.05) is 0 Å². The molecule has 1 aromatic carbocycles. The lowest BCUT2D eigenvalue weighted by molar-refractivity contribution is 0.112. The fraction of sp³-hybridized carbons (Fsp3) is 0.182. The standard InChI is InChI=1S/C11H10N2O3/c1-2-13-10(15)8-4-3-7(6-14)5-9(8)12-11(13)16/h3-6H,2H2,1H3,(H,12,16). The van der Waals surface area contributed by atoms with Crippen molar-refractivity contribution in [2.45, 2.75) is 13.5 Å². The summed E-state index contributed by atoms with van der Waals surface area (Å²) in [7, 11) is 0. The minimum atomic E-state index is -0.456. The Morgan fingerprint density at radius 1 is 1.38 bits per heavy atom. The fourth-order valence-electron chi connectivity index (χ4n) is 1.63. The number of nitrogens with one attached hydrogen (secondary N) is 1. The number of aromatic nitrogens is 2. The summed E-state index contributed by atoms with van der Waals surface area (Å²) in [6.07, 6.45) is 0.670. The van der Waals surface area contributed by atoms with Crippen LogP contribution in [0.1, 0.15) is 17.3 Å². The zero-order valence-electron chi connectivity index (χ0n) is 8.69. The lowest BCUT2D eigenvalue weighted by Crippen LogP contribution is -2.34. The van der Waals surface area contributed by atoms with Gasteiger partial charge in [0.1, 0.15) is 6.29 Å². The van der Waals surface area contributed by atoms with Crippen molar-refractivity contribution in [1.82, 2.24) is 9.55 Å². The number of benzene rings is 1. The Morgan fingerprint density at radius 2 is 2.12 bits per heavy atom. The Kier molecular flexibility index (Phi) is 2.44. The third-order valence-corrected chi connectivity index (χ3v) is 2.46. The quantitative estimate of drug-likeness (QED) is 0.747. The highest BCUT2D eigenvalue weighted by molar-refractivity contribution is 5.85. The van der Waals surface area contributed by atoms with E-state index >= 15 is 0 Å². The van der Waals surface area contributed by atoms with E-state index in [-0.39, 0.29) is 5.56 Å². The summed E-state index contributed by atoms with van der Waals surface area (Å²) in [6, 6.07) is 4.59. The predicted octanol–water partition coefficient (Wildman–Crippen LogP) is 0.522. The number of aldehydes is 1. The van der Waals surface area contributed by atoms with Crippen LogP contribution in [0.25, 0.3) is 10.9 Å². The molecule has 2 aromatic rings. The van der Waals surface area contributed by atoms with Gasteiger partial charge >= 0.3 is 5.69 Å². The molecule has 1 heterocycles. The SMILES string of the molecule is CCn1c(=O)[nH]c2cc(C=O)ccc2c1=O. The Balaban J connectivity index is 2.92. The number of rotatable bonds is 2. The third-order valence-electron chi connectivity index (χ3n) is 2.46. The van der Waals surface area contributed by atoms with Gasteiger partial charge in [-0.3, -0.25) is 14.2 Å². The molecule has 1 aromatic heterocycles. The fourth-order valence-corrected chi connectivity index (χ4v) is 1.63. The van der Waals surface area contributed by atoms with Crippen molar-refractivity contribution in [3.05, 3.63) is 44.6 Å². The first-order valence-electron chi connectivity index (χ1n) is 4.89. The Bertz CT molecular complexity index is 667. The molecule has 0 saturated carbocycles. The largest absolute Gasteiger partial charge is 0.328 e. The van der Waals surface area contributed by atoms with Gasteiger partial charge in [-0.2, -0.15) is 0 Å². The molecule has 5 nitrogen and oxygen atoms in total. The number of hydrogen-bond donors (Lipinski definition) is 1. The minimum absolute atomic E-state index is 0.319. The van der Waals surface area contributed by atoms with Gasteiger partial charge in [0, 0.05) is 12.1 Å². The van der Waals surface area contributed by atoms with Crippen molar-refractivity contribution in [2.24, 2.45) is 0 Å². The van der Waals surface area contributed by atoms with Gasteiger partial charge < -0.3 is 4.98 Å². The molecule has 0 fully saturated rings. The van der Waals surface area contributed by atoms with Gasteiger partial charge in [-0.15, -0.1) is 0 Å². The van der Waals surface area contributed by atoms with Crippen molar-refractivity contribution >= 4 is 17.2 Å². The van der Waals surface area contributed by atoms with Crippen LogP contribution in [0.15, 0.2) is 27.8 Å². The molecule has 82 valence electrons. The van der Waals surface area contributed by atoms with Crippen molar-refractivity contribution < 1.29 is 4.79 Å². The van der Waals surface area contributed by atoms with E-state index < -0.39 is 5.69 Å². The molecular weight excluding hydrogens is 208 g/mol. The van der Waals surface area contributed by atoms with E-state index in [1.165, 1.54) is 6.07 Å². The highest BCUT2D eigenvalue weighted by Crippen LogP contribution is 2.07. The van der Waals surface area contributed by atoms with Crippen LogP contribution in [0.2, 0.25) is 0 Å². The summed E-state index contributed by atoms with van der Waals surface area (Å²) in [5.41, 5.74) is 0.0304. The molecular formula is C11H10N2O3. The van der Waals surface area contributed by atoms with Gasteiger partial charge in [0.25, 0.3) is 5.56 Å². The van der Waals surface area contributed by atoms with E-state index in [2.05, 4.69) is 4.98 Å². The van der Waals surface area contributed by atoms with E-state index in [1.807, 2.05) is 0 Å². The molecule has 0 spiro atoms. The van der Waals surface area contributed by atoms with Crippen molar-refractivity contribution in [1.29, 1.82) is 0 Å². The van der Waals surface area contributed by atoms with E-state index in [4.69, 9.17) is 0 Å². The van der Waals surface area contributed by atoms with Crippen LogP contribution >= 0.6 is 0 Å². The minimum Gasteiger partial charge on any atom is -0.307 e. The van der Waals surface area contributed by atoms with Crippen LogP contribution in [0.4, 0.5) is 0 Å². The monoisotopic (exact) mass is 218 g/mol. The zero-order valence-corrected chi connectivity index (χ0v) is 8.69. The molecule has 0 unspecified atom stereocenters. The second kappa shape index (κ2) is 3.77. The molecule has 2 rings (SSSR count). The van der Waals surface area contributed by atoms with Gasteiger partial charge in [0.05, 0.1) is 10.9 Å². The molecule has 5 heteroatoms. The first-order valence-corrected chi connectivity index (χ1v) is 4.89. The number of nitrogens with zero attached hydrogens (tertiary/aromatic N) is 1. The highest BCUT2D eigenvalue weighted by atomic mass is 16.2. The third kappa shape index (κ3) is 1.46. The smallest absolute Gasteiger partial charge is 0.307 e. The van der Waals surface area contributed by atoms with Crippen LogP contribution in [-0.4, -0.2) is 15.8 Å². The molecule has 0 aliphatic heterocycles. The van der Waals surface area contributed by atoms with Gasteiger partial charge in [-0.1, -0.05) is 6.07 Å². The van der Waals surface area contributed by atoms with Crippen molar-refractivity contribution in [3.63, 3.8) is 0 Å². The van der Waals surface area contributed by atoms with Crippen molar-refractivity contribution in [3.8, 4) is 0 Å². The van der Waals surface area contributed by atoms with Crippen LogP contribution in [0.5, 0.6) is 0 Å². The number of carbonyl (C=O) groups is 1. The van der Waals surface area contributed by atoms with Crippen LogP contribution in [0.3, 0.4) is 0 Å². The zero-order chi connectivity index (χ0) is 11.7. The number of hydrogen-bond acceptors (Lipinski definition) is 3. The molecule has 0 saturated heterocycles. The topological polar surface area (TPSA) is 71.9 Å². The van der Waals surface area contributed by atoms with Gasteiger partial charge in [-0.25, -0.2) is 4.79 Å². The average molecular weight is 218 g/mol. The number of aromatic amines is 1. The normalized spacial score (nSPS) is 10.6. The maximum absolute atomic E-state index is 11.8. The molecule has 0 radical (unpaired) electrons. The number of H-pyrrole nitrogens is 1.